The number of rotatable bonds is 5. The monoisotopic (exact) mass is 520 g/mol. The SMILES string of the molecule is CCc1ccc(F)c(C(c2cc3cc(N)ccc3c(N)n2)c2nc(-c3ccc(Cl)cc3Cl)nn2C)c1. The molecule has 0 amide bonds. The van der Waals surface area contributed by atoms with Crippen LogP contribution in [0.5, 0.6) is 0 Å². The van der Waals surface area contributed by atoms with E-state index in [1.165, 1.54) is 6.07 Å². The lowest BCUT2D eigenvalue weighted by Crippen LogP contribution is -2.14. The van der Waals surface area contributed by atoms with E-state index in [1.54, 1.807) is 42.1 Å². The second-order valence-corrected chi connectivity index (χ2v) is 9.44. The highest BCUT2D eigenvalue weighted by atomic mass is 35.5. The Morgan fingerprint density at radius 3 is 2.53 bits per heavy atom. The third-order valence-corrected chi connectivity index (χ3v) is 6.75. The number of hydrogen-bond acceptors (Lipinski definition) is 5. The first kappa shape index (κ1) is 24.0. The van der Waals surface area contributed by atoms with Crippen molar-refractivity contribution in [2.45, 2.75) is 19.3 Å². The standard InChI is InChI=1S/C27H23Cl2FN6/c1-3-14-4-9-22(30)20(10-14)24(23-12-15-11-17(31)6-8-18(15)25(32)33-23)27-34-26(35-36(27)2)19-7-5-16(28)13-21(19)29/h4-13,24H,3,31H2,1-2H3,(H2,32,33). The number of fused-ring (bicyclic) bond motifs is 1. The van der Waals surface area contributed by atoms with Crippen LogP contribution < -0.4 is 11.5 Å². The Bertz CT molecular complexity index is 1610. The number of anilines is 2. The van der Waals surface area contributed by atoms with Crippen molar-refractivity contribution in [3.05, 3.63) is 99.2 Å². The van der Waals surface area contributed by atoms with Crippen molar-refractivity contribution in [3.8, 4) is 11.4 Å². The summed E-state index contributed by atoms with van der Waals surface area (Å²) in [6.07, 6.45) is 0.744. The zero-order chi connectivity index (χ0) is 25.6. The number of nitrogens with zero attached hydrogens (tertiary/aromatic N) is 4. The van der Waals surface area contributed by atoms with E-state index in [-0.39, 0.29) is 5.82 Å². The van der Waals surface area contributed by atoms with E-state index < -0.39 is 5.92 Å². The quantitative estimate of drug-likeness (QED) is 0.262. The fourth-order valence-electron chi connectivity index (χ4n) is 4.37. The fourth-order valence-corrected chi connectivity index (χ4v) is 4.86. The topological polar surface area (TPSA) is 95.6 Å². The van der Waals surface area contributed by atoms with Crippen molar-refractivity contribution < 1.29 is 4.39 Å². The first-order chi connectivity index (χ1) is 17.2. The molecule has 0 fully saturated rings. The van der Waals surface area contributed by atoms with Gasteiger partial charge in [-0.1, -0.05) is 42.3 Å². The van der Waals surface area contributed by atoms with Crippen molar-refractivity contribution in [1.82, 2.24) is 19.7 Å². The largest absolute Gasteiger partial charge is 0.399 e. The number of nitrogen functional groups attached to an aromatic ring is 2. The van der Waals surface area contributed by atoms with E-state index in [2.05, 4.69) is 10.1 Å². The molecular formula is C27H23Cl2FN6. The van der Waals surface area contributed by atoms with Gasteiger partial charge in [0.05, 0.1) is 16.6 Å². The third-order valence-electron chi connectivity index (χ3n) is 6.21. The molecule has 182 valence electrons. The summed E-state index contributed by atoms with van der Waals surface area (Å²) in [5, 5.41) is 7.08. The van der Waals surface area contributed by atoms with Gasteiger partial charge in [-0.15, -0.1) is 0 Å². The Morgan fingerprint density at radius 2 is 1.78 bits per heavy atom. The predicted molar refractivity (Wildman–Crippen MR) is 144 cm³/mol. The van der Waals surface area contributed by atoms with E-state index in [9.17, 15) is 0 Å². The summed E-state index contributed by atoms with van der Waals surface area (Å²) in [6.45, 7) is 2.02. The number of aromatic nitrogens is 4. The summed E-state index contributed by atoms with van der Waals surface area (Å²) < 4.78 is 17.0. The molecule has 9 heteroatoms. The average Bonchev–Trinajstić information content (AvgIpc) is 3.20. The highest BCUT2D eigenvalue weighted by Crippen LogP contribution is 2.37. The fraction of sp³-hybridized carbons (Fsp3) is 0.148. The molecule has 0 bridgehead atoms. The number of benzene rings is 3. The van der Waals surface area contributed by atoms with Gasteiger partial charge in [0.15, 0.2) is 5.82 Å². The Labute approximate surface area is 217 Å². The zero-order valence-electron chi connectivity index (χ0n) is 19.6. The predicted octanol–water partition coefficient (Wildman–Crippen LogP) is 6.38. The van der Waals surface area contributed by atoms with E-state index >= 15 is 4.39 Å². The molecule has 0 aliphatic rings. The molecule has 0 saturated carbocycles. The van der Waals surface area contributed by atoms with Crippen LogP contribution >= 0.6 is 23.2 Å². The van der Waals surface area contributed by atoms with E-state index in [0.29, 0.717) is 50.0 Å². The first-order valence-corrected chi connectivity index (χ1v) is 12.1. The van der Waals surface area contributed by atoms with Gasteiger partial charge in [-0.25, -0.2) is 14.4 Å². The highest BCUT2D eigenvalue weighted by Gasteiger charge is 2.28. The Balaban J connectivity index is 1.76. The van der Waals surface area contributed by atoms with Crippen LogP contribution in [0.25, 0.3) is 22.2 Å². The van der Waals surface area contributed by atoms with E-state index in [0.717, 1.165) is 22.8 Å². The van der Waals surface area contributed by atoms with Crippen molar-refractivity contribution in [1.29, 1.82) is 0 Å². The van der Waals surface area contributed by atoms with Gasteiger partial charge in [0.1, 0.15) is 17.5 Å². The summed E-state index contributed by atoms with van der Waals surface area (Å²) in [5.41, 5.74) is 15.5. The maximum Gasteiger partial charge on any atom is 0.182 e. The summed E-state index contributed by atoms with van der Waals surface area (Å²) in [6, 6.07) is 17.5. The smallest absolute Gasteiger partial charge is 0.182 e. The minimum atomic E-state index is -0.693. The van der Waals surface area contributed by atoms with E-state index in [4.69, 9.17) is 39.7 Å². The van der Waals surface area contributed by atoms with Crippen LogP contribution in [0.4, 0.5) is 15.9 Å². The lowest BCUT2D eigenvalue weighted by Gasteiger charge is -2.19. The van der Waals surface area contributed by atoms with Crippen molar-refractivity contribution in [3.63, 3.8) is 0 Å². The second kappa shape index (κ2) is 9.41. The average molecular weight is 521 g/mol. The maximum atomic E-state index is 15.4. The van der Waals surface area contributed by atoms with Gasteiger partial charge in [0.25, 0.3) is 0 Å². The van der Waals surface area contributed by atoms with Gasteiger partial charge in [-0.2, -0.15) is 5.10 Å². The lowest BCUT2D eigenvalue weighted by molar-refractivity contribution is 0.591. The number of aryl methyl sites for hydroxylation is 2. The van der Waals surface area contributed by atoms with Crippen LogP contribution in [0, 0.1) is 5.82 Å². The number of pyridine rings is 1. The maximum absolute atomic E-state index is 15.4. The Kier molecular flexibility index (Phi) is 6.28. The molecule has 36 heavy (non-hydrogen) atoms. The van der Waals surface area contributed by atoms with Gasteiger partial charge >= 0.3 is 0 Å². The van der Waals surface area contributed by atoms with Crippen molar-refractivity contribution >= 4 is 45.5 Å². The molecule has 0 aliphatic heterocycles. The first-order valence-electron chi connectivity index (χ1n) is 11.4. The molecular weight excluding hydrogens is 498 g/mol. The number of halogens is 3. The molecule has 0 aliphatic carbocycles. The third kappa shape index (κ3) is 4.36. The highest BCUT2D eigenvalue weighted by molar-refractivity contribution is 6.36. The minimum Gasteiger partial charge on any atom is -0.399 e. The molecule has 4 N–H and O–H groups in total. The molecule has 2 aromatic heterocycles. The van der Waals surface area contributed by atoms with Gasteiger partial charge < -0.3 is 11.5 Å². The number of nitrogens with two attached hydrogens (primary N) is 2. The molecule has 1 atom stereocenters. The van der Waals surface area contributed by atoms with E-state index in [1.807, 2.05) is 31.2 Å². The molecule has 1 unspecified atom stereocenters. The van der Waals surface area contributed by atoms with Crippen LogP contribution in [0.1, 0.15) is 35.5 Å². The lowest BCUT2D eigenvalue weighted by atomic mass is 9.91. The summed E-state index contributed by atoms with van der Waals surface area (Å²) in [5.74, 6) is 0.131. The molecule has 0 saturated heterocycles. The zero-order valence-corrected chi connectivity index (χ0v) is 21.1. The van der Waals surface area contributed by atoms with Gasteiger partial charge in [-0.3, -0.25) is 4.68 Å². The summed E-state index contributed by atoms with van der Waals surface area (Å²) in [4.78, 5) is 9.48. The summed E-state index contributed by atoms with van der Waals surface area (Å²) >= 11 is 12.5. The Morgan fingerprint density at radius 1 is 0.972 bits per heavy atom. The van der Waals surface area contributed by atoms with Crippen LogP contribution in [-0.4, -0.2) is 19.7 Å². The van der Waals surface area contributed by atoms with Gasteiger partial charge in [-0.05, 0) is 65.9 Å². The molecule has 5 rings (SSSR count). The molecule has 0 spiro atoms. The molecule has 0 radical (unpaired) electrons. The number of hydrogen-bond donors (Lipinski definition) is 2. The normalized spacial score (nSPS) is 12.2. The molecule has 3 aromatic carbocycles. The van der Waals surface area contributed by atoms with Gasteiger partial charge in [0.2, 0.25) is 0 Å². The van der Waals surface area contributed by atoms with Gasteiger partial charge in [0, 0.05) is 34.3 Å². The molecule has 2 heterocycles. The Hall–Kier alpha value is -3.68. The minimum absolute atomic E-state index is 0.322. The molecule has 5 aromatic rings. The van der Waals surface area contributed by atoms with Crippen molar-refractivity contribution in [2.75, 3.05) is 11.5 Å². The summed E-state index contributed by atoms with van der Waals surface area (Å²) in [7, 11) is 1.76. The van der Waals surface area contributed by atoms with Crippen LogP contribution in [0.3, 0.4) is 0 Å². The second-order valence-electron chi connectivity index (χ2n) is 8.60. The van der Waals surface area contributed by atoms with Crippen LogP contribution in [0.15, 0.2) is 60.7 Å². The molecule has 6 nitrogen and oxygen atoms in total. The van der Waals surface area contributed by atoms with Crippen LogP contribution in [0.2, 0.25) is 10.0 Å². The van der Waals surface area contributed by atoms with Crippen LogP contribution in [-0.2, 0) is 13.5 Å². The van der Waals surface area contributed by atoms with Crippen molar-refractivity contribution in [2.24, 2.45) is 7.05 Å².